The molecule has 6 nitrogen and oxygen atoms in total. The fourth-order valence-electron chi connectivity index (χ4n) is 3.51. The number of carbonyl (C=O) groups excluding carboxylic acids is 1. The van der Waals surface area contributed by atoms with Gasteiger partial charge in [0.25, 0.3) is 5.91 Å². The molecule has 1 saturated heterocycles. The van der Waals surface area contributed by atoms with Crippen LogP contribution >= 0.6 is 0 Å². The van der Waals surface area contributed by atoms with E-state index in [4.69, 9.17) is 0 Å². The van der Waals surface area contributed by atoms with Crippen LogP contribution in [0.1, 0.15) is 60.4 Å². The van der Waals surface area contributed by atoms with Gasteiger partial charge in [-0.2, -0.15) is 5.10 Å². The summed E-state index contributed by atoms with van der Waals surface area (Å²) in [5.74, 6) is 0.947. The molecular formula is C19H26N4O2. The molecule has 2 heterocycles. The summed E-state index contributed by atoms with van der Waals surface area (Å²) in [5.41, 5.74) is 1.77. The summed E-state index contributed by atoms with van der Waals surface area (Å²) >= 11 is 0. The van der Waals surface area contributed by atoms with E-state index in [0.29, 0.717) is 12.1 Å². The van der Waals surface area contributed by atoms with Gasteiger partial charge in [0.1, 0.15) is 5.82 Å². The zero-order valence-electron chi connectivity index (χ0n) is 15.4. The fourth-order valence-corrected chi connectivity index (χ4v) is 3.51. The molecule has 1 aliphatic rings. The van der Waals surface area contributed by atoms with Crippen LogP contribution in [0.3, 0.4) is 0 Å². The van der Waals surface area contributed by atoms with E-state index in [2.05, 4.69) is 5.10 Å². The van der Waals surface area contributed by atoms with Crippen LogP contribution in [-0.4, -0.2) is 38.2 Å². The van der Waals surface area contributed by atoms with Crippen molar-refractivity contribution in [2.45, 2.75) is 45.6 Å². The molecule has 1 aliphatic heterocycles. The van der Waals surface area contributed by atoms with Crippen molar-refractivity contribution in [1.29, 1.82) is 0 Å². The van der Waals surface area contributed by atoms with Crippen molar-refractivity contribution in [2.75, 3.05) is 13.1 Å². The zero-order valence-corrected chi connectivity index (χ0v) is 15.4. The predicted molar refractivity (Wildman–Crippen MR) is 96.9 cm³/mol. The Labute approximate surface area is 148 Å². The largest absolute Gasteiger partial charge is 0.345 e. The predicted octanol–water partition coefficient (Wildman–Crippen LogP) is 2.49. The van der Waals surface area contributed by atoms with E-state index >= 15 is 0 Å². The van der Waals surface area contributed by atoms with Crippen molar-refractivity contribution in [3.05, 3.63) is 51.7 Å². The standard InChI is InChI=1S/C19H26N4O2/c1-13(2)23-17(20-21(4)19(23)25)16-6-5-11-22(12-16)18(24)15-9-7-14(3)8-10-15/h7-10,13,16H,5-6,11-12H2,1-4H3. The van der Waals surface area contributed by atoms with Crippen LogP contribution < -0.4 is 5.69 Å². The molecule has 0 aliphatic carbocycles. The van der Waals surface area contributed by atoms with Gasteiger partial charge in [-0.25, -0.2) is 9.48 Å². The molecule has 0 saturated carbocycles. The number of aryl methyl sites for hydroxylation is 2. The molecule has 0 bridgehead atoms. The molecule has 1 unspecified atom stereocenters. The number of piperidine rings is 1. The number of aromatic nitrogens is 3. The number of benzene rings is 1. The number of rotatable bonds is 3. The molecule has 134 valence electrons. The highest BCUT2D eigenvalue weighted by atomic mass is 16.2. The first-order chi connectivity index (χ1) is 11.9. The van der Waals surface area contributed by atoms with Gasteiger partial charge in [-0.05, 0) is 45.7 Å². The summed E-state index contributed by atoms with van der Waals surface area (Å²) in [5, 5.41) is 4.46. The number of nitrogens with zero attached hydrogens (tertiary/aromatic N) is 4. The smallest absolute Gasteiger partial charge is 0.338 e. The minimum Gasteiger partial charge on any atom is -0.338 e. The Hall–Kier alpha value is -2.37. The Morgan fingerprint density at radius 2 is 1.92 bits per heavy atom. The molecule has 1 aromatic heterocycles. The molecule has 0 spiro atoms. The third-order valence-electron chi connectivity index (χ3n) is 4.87. The number of hydrogen-bond donors (Lipinski definition) is 0. The van der Waals surface area contributed by atoms with Crippen molar-refractivity contribution in [1.82, 2.24) is 19.2 Å². The summed E-state index contributed by atoms with van der Waals surface area (Å²) < 4.78 is 3.15. The van der Waals surface area contributed by atoms with Gasteiger partial charge in [-0.15, -0.1) is 0 Å². The van der Waals surface area contributed by atoms with Crippen molar-refractivity contribution >= 4 is 5.91 Å². The highest BCUT2D eigenvalue weighted by Gasteiger charge is 2.30. The van der Waals surface area contributed by atoms with E-state index < -0.39 is 0 Å². The van der Waals surface area contributed by atoms with Crippen molar-refractivity contribution < 1.29 is 4.79 Å². The molecule has 1 amide bonds. The fraction of sp³-hybridized carbons (Fsp3) is 0.526. The van der Waals surface area contributed by atoms with Crippen LogP contribution in [-0.2, 0) is 7.05 Å². The van der Waals surface area contributed by atoms with E-state index in [1.807, 2.05) is 49.9 Å². The molecular weight excluding hydrogens is 316 g/mol. The molecule has 1 atom stereocenters. The van der Waals surface area contributed by atoms with Crippen LogP contribution in [0.5, 0.6) is 0 Å². The van der Waals surface area contributed by atoms with Crippen LogP contribution in [0.15, 0.2) is 29.1 Å². The lowest BCUT2D eigenvalue weighted by atomic mass is 9.96. The van der Waals surface area contributed by atoms with Gasteiger partial charge >= 0.3 is 5.69 Å². The summed E-state index contributed by atoms with van der Waals surface area (Å²) in [4.78, 5) is 27.0. The van der Waals surface area contributed by atoms with Gasteiger partial charge in [0, 0.05) is 37.7 Å². The van der Waals surface area contributed by atoms with Gasteiger partial charge in [0.05, 0.1) is 0 Å². The second-order valence-corrected chi connectivity index (χ2v) is 7.18. The van der Waals surface area contributed by atoms with Crippen molar-refractivity contribution in [2.24, 2.45) is 7.05 Å². The maximum absolute atomic E-state index is 12.8. The maximum atomic E-state index is 12.8. The summed E-state index contributed by atoms with van der Waals surface area (Å²) in [6.45, 7) is 7.35. The van der Waals surface area contributed by atoms with Crippen molar-refractivity contribution in [3.8, 4) is 0 Å². The minimum atomic E-state index is -0.0908. The first-order valence-corrected chi connectivity index (χ1v) is 8.90. The number of amides is 1. The summed E-state index contributed by atoms with van der Waals surface area (Å²) in [6, 6.07) is 7.74. The zero-order chi connectivity index (χ0) is 18.1. The van der Waals surface area contributed by atoms with Crippen LogP contribution in [0.2, 0.25) is 0 Å². The molecule has 6 heteroatoms. The minimum absolute atomic E-state index is 0.0547. The van der Waals surface area contributed by atoms with E-state index in [1.54, 1.807) is 11.6 Å². The molecule has 0 radical (unpaired) electrons. The Balaban J connectivity index is 1.84. The second-order valence-electron chi connectivity index (χ2n) is 7.18. The van der Waals surface area contributed by atoms with E-state index in [-0.39, 0.29) is 23.6 Å². The Morgan fingerprint density at radius 1 is 1.24 bits per heavy atom. The van der Waals surface area contributed by atoms with Crippen LogP contribution in [0.25, 0.3) is 0 Å². The second kappa shape index (κ2) is 6.86. The lowest BCUT2D eigenvalue weighted by Gasteiger charge is -2.32. The van der Waals surface area contributed by atoms with E-state index in [9.17, 15) is 9.59 Å². The van der Waals surface area contributed by atoms with Crippen LogP contribution in [0, 0.1) is 6.92 Å². The maximum Gasteiger partial charge on any atom is 0.345 e. The average Bonchev–Trinajstić information content (AvgIpc) is 2.90. The van der Waals surface area contributed by atoms with Gasteiger partial charge < -0.3 is 4.90 Å². The first kappa shape index (κ1) is 17.5. The summed E-state index contributed by atoms with van der Waals surface area (Å²) in [7, 11) is 1.68. The van der Waals surface area contributed by atoms with Gasteiger partial charge in [0.2, 0.25) is 0 Å². The third-order valence-corrected chi connectivity index (χ3v) is 4.87. The third kappa shape index (κ3) is 3.38. The Bertz CT molecular complexity index is 817. The lowest BCUT2D eigenvalue weighted by Crippen LogP contribution is -2.40. The number of likely N-dealkylation sites (tertiary alicyclic amines) is 1. The summed E-state index contributed by atoms with van der Waals surface area (Å²) in [6.07, 6.45) is 1.87. The SMILES string of the molecule is Cc1ccc(C(=O)N2CCCC(c3nn(C)c(=O)n3C(C)C)C2)cc1. The molecule has 0 N–H and O–H groups in total. The quantitative estimate of drug-likeness (QED) is 0.861. The van der Waals surface area contributed by atoms with Gasteiger partial charge in [-0.1, -0.05) is 17.7 Å². The molecule has 2 aromatic rings. The first-order valence-electron chi connectivity index (χ1n) is 8.90. The Morgan fingerprint density at radius 3 is 2.56 bits per heavy atom. The highest BCUT2D eigenvalue weighted by molar-refractivity contribution is 5.94. The average molecular weight is 342 g/mol. The molecule has 1 fully saturated rings. The highest BCUT2D eigenvalue weighted by Crippen LogP contribution is 2.27. The van der Waals surface area contributed by atoms with Gasteiger partial charge in [0.15, 0.2) is 0 Å². The van der Waals surface area contributed by atoms with Gasteiger partial charge in [-0.3, -0.25) is 9.36 Å². The van der Waals surface area contributed by atoms with Crippen molar-refractivity contribution in [3.63, 3.8) is 0 Å². The molecule has 1 aromatic carbocycles. The molecule has 25 heavy (non-hydrogen) atoms. The Kier molecular flexibility index (Phi) is 4.79. The van der Waals surface area contributed by atoms with Crippen LogP contribution in [0.4, 0.5) is 0 Å². The number of hydrogen-bond acceptors (Lipinski definition) is 3. The normalized spacial score (nSPS) is 18.0. The molecule has 3 rings (SSSR count). The number of carbonyl (C=O) groups is 1. The lowest BCUT2D eigenvalue weighted by molar-refractivity contribution is 0.0703. The van der Waals surface area contributed by atoms with E-state index in [1.165, 1.54) is 4.68 Å². The monoisotopic (exact) mass is 342 g/mol. The topological polar surface area (TPSA) is 60.1 Å². The van der Waals surface area contributed by atoms with E-state index in [0.717, 1.165) is 30.8 Å².